The number of carbonyl (C=O) groups is 1. The number of fused-ring (bicyclic) bond motifs is 1. The zero-order valence-corrected chi connectivity index (χ0v) is 12.6. The first-order valence-electron chi connectivity index (χ1n) is 6.97. The van der Waals surface area contributed by atoms with Gasteiger partial charge in [-0.1, -0.05) is 18.2 Å². The van der Waals surface area contributed by atoms with Gasteiger partial charge in [0.1, 0.15) is 5.56 Å². The zero-order valence-electron chi connectivity index (χ0n) is 12.6. The third-order valence-corrected chi connectivity index (χ3v) is 3.38. The average Bonchev–Trinajstić information content (AvgIpc) is 2.47. The second kappa shape index (κ2) is 6.54. The Kier molecular flexibility index (Phi) is 4.75. The molecular weight excluding hydrogens is 268 g/mol. The first-order chi connectivity index (χ1) is 10.1. The summed E-state index contributed by atoms with van der Waals surface area (Å²) in [5, 5.41) is 10.1. The van der Waals surface area contributed by atoms with Crippen molar-refractivity contribution in [1.29, 1.82) is 0 Å². The molecule has 0 saturated heterocycles. The molecule has 0 saturated carbocycles. The molecule has 5 heteroatoms. The first-order valence-corrected chi connectivity index (χ1v) is 6.97. The number of carbonyl (C=O) groups excluding carboxylic acids is 1. The Hall–Kier alpha value is -2.14. The van der Waals surface area contributed by atoms with Gasteiger partial charge in [0.2, 0.25) is 0 Å². The molecule has 21 heavy (non-hydrogen) atoms. The van der Waals surface area contributed by atoms with Crippen LogP contribution in [0.2, 0.25) is 0 Å². The lowest BCUT2D eigenvalue weighted by atomic mass is 10.1. The molecule has 0 aliphatic heterocycles. The van der Waals surface area contributed by atoms with E-state index in [0.717, 1.165) is 22.2 Å². The standard InChI is InChI=1S/C16H20N2O3/c1-4-21-16(20)13-10-17-14-11(2)6-5-7-12(14)15(13)18(3)8-9-19/h5-7,10,19H,4,8-9H2,1-3H3. The summed E-state index contributed by atoms with van der Waals surface area (Å²) >= 11 is 0. The number of rotatable bonds is 5. The molecular formula is C16H20N2O3. The van der Waals surface area contributed by atoms with Crippen molar-refractivity contribution in [2.75, 3.05) is 31.7 Å². The van der Waals surface area contributed by atoms with E-state index in [-0.39, 0.29) is 6.61 Å². The number of para-hydroxylation sites is 1. The van der Waals surface area contributed by atoms with Crippen LogP contribution in [-0.4, -0.2) is 42.9 Å². The van der Waals surface area contributed by atoms with Crippen molar-refractivity contribution in [2.24, 2.45) is 0 Å². The number of aliphatic hydroxyl groups is 1. The highest BCUT2D eigenvalue weighted by Crippen LogP contribution is 2.30. The minimum Gasteiger partial charge on any atom is -0.462 e. The van der Waals surface area contributed by atoms with Crippen molar-refractivity contribution in [3.8, 4) is 0 Å². The van der Waals surface area contributed by atoms with Gasteiger partial charge in [0.05, 0.1) is 24.4 Å². The number of anilines is 1. The Balaban J connectivity index is 2.68. The highest BCUT2D eigenvalue weighted by Gasteiger charge is 2.19. The maximum Gasteiger partial charge on any atom is 0.341 e. The molecule has 112 valence electrons. The van der Waals surface area contributed by atoms with Gasteiger partial charge in [-0.3, -0.25) is 4.98 Å². The fourth-order valence-corrected chi connectivity index (χ4v) is 2.39. The van der Waals surface area contributed by atoms with Crippen molar-refractivity contribution in [1.82, 2.24) is 4.98 Å². The van der Waals surface area contributed by atoms with Gasteiger partial charge >= 0.3 is 5.97 Å². The molecule has 0 radical (unpaired) electrons. The van der Waals surface area contributed by atoms with Crippen LogP contribution < -0.4 is 4.90 Å². The lowest BCUT2D eigenvalue weighted by molar-refractivity contribution is 0.0526. The van der Waals surface area contributed by atoms with E-state index in [2.05, 4.69) is 4.98 Å². The van der Waals surface area contributed by atoms with Crippen LogP contribution in [0.25, 0.3) is 10.9 Å². The minimum atomic E-state index is -0.395. The predicted octanol–water partition coefficient (Wildman–Crippen LogP) is 2.15. The molecule has 0 spiro atoms. The molecule has 0 fully saturated rings. The van der Waals surface area contributed by atoms with Gasteiger partial charge < -0.3 is 14.7 Å². The van der Waals surface area contributed by atoms with Crippen LogP contribution in [0.3, 0.4) is 0 Å². The Bertz CT molecular complexity index is 655. The van der Waals surface area contributed by atoms with E-state index in [1.807, 2.05) is 37.1 Å². The molecule has 2 aromatic rings. The number of hydrogen-bond donors (Lipinski definition) is 1. The molecule has 1 aromatic carbocycles. The summed E-state index contributed by atoms with van der Waals surface area (Å²) in [4.78, 5) is 18.4. The second-order valence-corrected chi connectivity index (χ2v) is 4.86. The quantitative estimate of drug-likeness (QED) is 0.854. The number of aromatic nitrogens is 1. The van der Waals surface area contributed by atoms with Crippen molar-refractivity contribution < 1.29 is 14.6 Å². The molecule has 0 amide bonds. The summed E-state index contributed by atoms with van der Waals surface area (Å²) < 4.78 is 5.11. The second-order valence-electron chi connectivity index (χ2n) is 4.86. The van der Waals surface area contributed by atoms with Gasteiger partial charge in [-0.25, -0.2) is 4.79 Å². The fraction of sp³-hybridized carbons (Fsp3) is 0.375. The fourth-order valence-electron chi connectivity index (χ4n) is 2.39. The topological polar surface area (TPSA) is 62.7 Å². The van der Waals surface area contributed by atoms with E-state index >= 15 is 0 Å². The number of esters is 1. The van der Waals surface area contributed by atoms with E-state index < -0.39 is 5.97 Å². The van der Waals surface area contributed by atoms with E-state index in [1.165, 1.54) is 0 Å². The lowest BCUT2D eigenvalue weighted by Crippen LogP contribution is -2.24. The summed E-state index contributed by atoms with van der Waals surface area (Å²) in [6.07, 6.45) is 1.55. The Labute approximate surface area is 124 Å². The third kappa shape index (κ3) is 2.97. The minimum absolute atomic E-state index is 0.00833. The highest BCUT2D eigenvalue weighted by molar-refractivity contribution is 6.05. The number of benzene rings is 1. The number of likely N-dealkylation sites (N-methyl/N-ethyl adjacent to an activating group) is 1. The van der Waals surface area contributed by atoms with Crippen molar-refractivity contribution >= 4 is 22.6 Å². The molecule has 1 heterocycles. The summed E-state index contributed by atoms with van der Waals surface area (Å²) in [7, 11) is 1.84. The van der Waals surface area contributed by atoms with Crippen molar-refractivity contribution in [3.05, 3.63) is 35.5 Å². The van der Waals surface area contributed by atoms with Crippen LogP contribution in [0.4, 0.5) is 5.69 Å². The molecule has 0 aliphatic rings. The zero-order chi connectivity index (χ0) is 15.4. The number of hydrogen-bond acceptors (Lipinski definition) is 5. The molecule has 1 aromatic heterocycles. The van der Waals surface area contributed by atoms with Gasteiger partial charge in [-0.15, -0.1) is 0 Å². The van der Waals surface area contributed by atoms with E-state index in [4.69, 9.17) is 4.74 Å². The molecule has 0 atom stereocenters. The van der Waals surface area contributed by atoms with Crippen LogP contribution in [0.15, 0.2) is 24.4 Å². The SMILES string of the molecule is CCOC(=O)c1cnc2c(C)cccc2c1N(C)CCO. The molecule has 0 aliphatic carbocycles. The van der Waals surface area contributed by atoms with Gasteiger partial charge in [0.15, 0.2) is 0 Å². The largest absolute Gasteiger partial charge is 0.462 e. The maximum absolute atomic E-state index is 12.2. The van der Waals surface area contributed by atoms with Gasteiger partial charge in [-0.05, 0) is 19.4 Å². The van der Waals surface area contributed by atoms with E-state index in [1.54, 1.807) is 13.1 Å². The van der Waals surface area contributed by atoms with Crippen LogP contribution in [0.5, 0.6) is 0 Å². The van der Waals surface area contributed by atoms with Gasteiger partial charge in [0.25, 0.3) is 0 Å². The average molecular weight is 288 g/mol. The highest BCUT2D eigenvalue weighted by atomic mass is 16.5. The first kappa shape index (κ1) is 15.3. The monoisotopic (exact) mass is 288 g/mol. The predicted molar refractivity (Wildman–Crippen MR) is 82.8 cm³/mol. The number of aryl methyl sites for hydroxylation is 1. The van der Waals surface area contributed by atoms with Crippen molar-refractivity contribution in [3.63, 3.8) is 0 Å². The maximum atomic E-state index is 12.2. The van der Waals surface area contributed by atoms with E-state index in [0.29, 0.717) is 18.7 Å². The van der Waals surface area contributed by atoms with Crippen molar-refractivity contribution in [2.45, 2.75) is 13.8 Å². The summed E-state index contributed by atoms with van der Waals surface area (Å²) in [6, 6.07) is 5.85. The van der Waals surface area contributed by atoms with Crippen LogP contribution in [-0.2, 0) is 4.74 Å². The number of ether oxygens (including phenoxy) is 1. The molecule has 1 N–H and O–H groups in total. The lowest BCUT2D eigenvalue weighted by Gasteiger charge is -2.23. The molecule has 2 rings (SSSR count). The smallest absolute Gasteiger partial charge is 0.341 e. The van der Waals surface area contributed by atoms with Gasteiger partial charge in [-0.2, -0.15) is 0 Å². The van der Waals surface area contributed by atoms with Crippen LogP contribution >= 0.6 is 0 Å². The Morgan fingerprint density at radius 1 is 1.43 bits per heavy atom. The van der Waals surface area contributed by atoms with Gasteiger partial charge in [0, 0.05) is 25.2 Å². The Morgan fingerprint density at radius 3 is 2.86 bits per heavy atom. The Morgan fingerprint density at radius 2 is 2.19 bits per heavy atom. The molecule has 0 unspecified atom stereocenters. The molecule has 0 bridgehead atoms. The molecule has 5 nitrogen and oxygen atoms in total. The van der Waals surface area contributed by atoms with Crippen LogP contribution in [0.1, 0.15) is 22.8 Å². The summed E-state index contributed by atoms with van der Waals surface area (Å²) in [5.74, 6) is -0.395. The normalized spacial score (nSPS) is 10.7. The van der Waals surface area contributed by atoms with Crippen LogP contribution in [0, 0.1) is 6.92 Å². The third-order valence-electron chi connectivity index (χ3n) is 3.38. The number of pyridine rings is 1. The summed E-state index contributed by atoms with van der Waals surface area (Å²) in [5.41, 5.74) is 3.06. The summed E-state index contributed by atoms with van der Waals surface area (Å²) in [6.45, 7) is 4.50. The number of aliphatic hydroxyl groups excluding tert-OH is 1. The van der Waals surface area contributed by atoms with E-state index in [9.17, 15) is 9.90 Å². The number of nitrogens with zero attached hydrogens (tertiary/aromatic N) is 2.